The Morgan fingerprint density at radius 2 is 1.68 bits per heavy atom. The standard InChI is InChI=1S/C21H28N2O4S/c1-17-5-7-18(8-6-17)16-22-11-4-12-23(14-13-22)28(24,25)21-15-19(26-2)9-10-20(21)27-3/h5-10,15H,4,11-14,16H2,1-3H3. The van der Waals surface area contributed by atoms with E-state index in [2.05, 4.69) is 36.1 Å². The van der Waals surface area contributed by atoms with E-state index in [9.17, 15) is 8.42 Å². The van der Waals surface area contributed by atoms with Crippen LogP contribution in [0.4, 0.5) is 0 Å². The summed E-state index contributed by atoms with van der Waals surface area (Å²) in [6.07, 6.45) is 0.789. The first kappa shape index (κ1) is 20.6. The van der Waals surface area contributed by atoms with Crippen molar-refractivity contribution in [2.75, 3.05) is 40.4 Å². The minimum absolute atomic E-state index is 0.154. The van der Waals surface area contributed by atoms with Crippen LogP contribution in [-0.4, -0.2) is 58.0 Å². The van der Waals surface area contributed by atoms with Crippen LogP contribution in [0.1, 0.15) is 17.5 Å². The van der Waals surface area contributed by atoms with Gasteiger partial charge in [0.15, 0.2) is 0 Å². The van der Waals surface area contributed by atoms with Gasteiger partial charge in [0.2, 0.25) is 10.0 Å². The highest BCUT2D eigenvalue weighted by molar-refractivity contribution is 7.89. The summed E-state index contributed by atoms with van der Waals surface area (Å²) < 4.78 is 38.6. The molecule has 3 rings (SSSR count). The van der Waals surface area contributed by atoms with Gasteiger partial charge in [-0.3, -0.25) is 4.90 Å². The van der Waals surface area contributed by atoms with Crippen molar-refractivity contribution in [3.63, 3.8) is 0 Å². The molecule has 152 valence electrons. The lowest BCUT2D eigenvalue weighted by atomic mass is 10.1. The van der Waals surface area contributed by atoms with Crippen LogP contribution in [0.25, 0.3) is 0 Å². The SMILES string of the molecule is COc1ccc(OC)c(S(=O)(=O)N2CCCN(Cc3ccc(C)cc3)CC2)c1. The van der Waals surface area contributed by atoms with Gasteiger partial charge in [-0.15, -0.1) is 0 Å². The van der Waals surface area contributed by atoms with Crippen LogP contribution in [0.15, 0.2) is 47.4 Å². The highest BCUT2D eigenvalue weighted by Crippen LogP contribution is 2.31. The molecule has 0 atom stereocenters. The van der Waals surface area contributed by atoms with Crippen molar-refractivity contribution < 1.29 is 17.9 Å². The number of sulfonamides is 1. The summed E-state index contributed by atoms with van der Waals surface area (Å²) in [4.78, 5) is 2.46. The van der Waals surface area contributed by atoms with Crippen molar-refractivity contribution in [3.8, 4) is 11.5 Å². The van der Waals surface area contributed by atoms with Crippen LogP contribution in [0.2, 0.25) is 0 Å². The van der Waals surface area contributed by atoms with Gasteiger partial charge >= 0.3 is 0 Å². The van der Waals surface area contributed by atoms with E-state index in [0.29, 0.717) is 31.1 Å². The third-order valence-electron chi connectivity index (χ3n) is 5.06. The van der Waals surface area contributed by atoms with Crippen LogP contribution in [-0.2, 0) is 16.6 Å². The first-order valence-corrected chi connectivity index (χ1v) is 10.9. The van der Waals surface area contributed by atoms with E-state index in [-0.39, 0.29) is 4.90 Å². The molecule has 0 spiro atoms. The Kier molecular flexibility index (Phi) is 6.59. The number of rotatable bonds is 6. The van der Waals surface area contributed by atoms with Crippen molar-refractivity contribution in [3.05, 3.63) is 53.6 Å². The first-order valence-electron chi connectivity index (χ1n) is 9.44. The molecule has 0 aliphatic carbocycles. The van der Waals surface area contributed by atoms with Crippen LogP contribution < -0.4 is 9.47 Å². The second kappa shape index (κ2) is 8.94. The average molecular weight is 405 g/mol. The fraction of sp³-hybridized carbons (Fsp3) is 0.429. The number of ether oxygens (including phenoxy) is 2. The lowest BCUT2D eigenvalue weighted by molar-refractivity contribution is 0.278. The van der Waals surface area contributed by atoms with Gasteiger partial charge in [0.25, 0.3) is 0 Å². The van der Waals surface area contributed by atoms with Crippen molar-refractivity contribution in [1.82, 2.24) is 9.21 Å². The smallest absolute Gasteiger partial charge is 0.246 e. The quantitative estimate of drug-likeness (QED) is 0.741. The lowest BCUT2D eigenvalue weighted by Gasteiger charge is -2.23. The van der Waals surface area contributed by atoms with Gasteiger partial charge in [-0.1, -0.05) is 29.8 Å². The van der Waals surface area contributed by atoms with Gasteiger partial charge in [0, 0.05) is 32.2 Å². The van der Waals surface area contributed by atoms with Gasteiger partial charge in [-0.05, 0) is 37.6 Å². The van der Waals surface area contributed by atoms with Crippen molar-refractivity contribution >= 4 is 10.0 Å². The largest absolute Gasteiger partial charge is 0.497 e. The average Bonchev–Trinajstić information content (AvgIpc) is 2.95. The normalized spacial score (nSPS) is 16.5. The van der Waals surface area contributed by atoms with Gasteiger partial charge < -0.3 is 9.47 Å². The van der Waals surface area contributed by atoms with Crippen molar-refractivity contribution in [2.24, 2.45) is 0 Å². The molecule has 0 radical (unpaired) electrons. The molecule has 6 nitrogen and oxygen atoms in total. The van der Waals surface area contributed by atoms with Crippen molar-refractivity contribution in [2.45, 2.75) is 24.8 Å². The molecule has 0 aromatic heterocycles. The Morgan fingerprint density at radius 1 is 0.929 bits per heavy atom. The van der Waals surface area contributed by atoms with E-state index in [0.717, 1.165) is 19.5 Å². The maximum atomic E-state index is 13.3. The molecule has 1 fully saturated rings. The van der Waals surface area contributed by atoms with E-state index < -0.39 is 10.0 Å². The molecule has 2 aromatic carbocycles. The van der Waals surface area contributed by atoms with Gasteiger partial charge in [-0.25, -0.2) is 8.42 Å². The van der Waals surface area contributed by atoms with E-state index >= 15 is 0 Å². The third-order valence-corrected chi connectivity index (χ3v) is 6.98. The summed E-state index contributed by atoms with van der Waals surface area (Å²) in [5.74, 6) is 0.830. The van der Waals surface area contributed by atoms with Crippen LogP contribution in [0, 0.1) is 6.92 Å². The maximum absolute atomic E-state index is 13.3. The molecule has 0 unspecified atom stereocenters. The maximum Gasteiger partial charge on any atom is 0.246 e. The lowest BCUT2D eigenvalue weighted by Crippen LogP contribution is -2.35. The fourth-order valence-electron chi connectivity index (χ4n) is 3.42. The van der Waals surface area contributed by atoms with Gasteiger partial charge in [0.05, 0.1) is 14.2 Å². The Labute approximate surface area is 167 Å². The van der Waals surface area contributed by atoms with Crippen LogP contribution in [0.3, 0.4) is 0 Å². The summed E-state index contributed by atoms with van der Waals surface area (Å²) in [6.45, 7) is 5.41. The molecule has 1 heterocycles. The summed E-state index contributed by atoms with van der Waals surface area (Å²) >= 11 is 0. The zero-order valence-corrected chi connectivity index (χ0v) is 17.5. The second-order valence-corrected chi connectivity index (χ2v) is 8.94. The van der Waals surface area contributed by atoms with E-state index in [1.807, 2.05) is 0 Å². The van der Waals surface area contributed by atoms with E-state index in [1.165, 1.54) is 31.4 Å². The van der Waals surface area contributed by atoms with Crippen LogP contribution >= 0.6 is 0 Å². The molecule has 28 heavy (non-hydrogen) atoms. The molecule has 0 saturated carbocycles. The highest BCUT2D eigenvalue weighted by atomic mass is 32.2. The summed E-state index contributed by atoms with van der Waals surface area (Å²) in [6, 6.07) is 13.4. The highest BCUT2D eigenvalue weighted by Gasteiger charge is 2.30. The Bertz CT molecular complexity index is 897. The predicted octanol–water partition coefficient (Wildman–Crippen LogP) is 2.91. The van der Waals surface area contributed by atoms with Gasteiger partial charge in [0.1, 0.15) is 16.4 Å². The molecule has 1 saturated heterocycles. The molecule has 0 bridgehead atoms. The molecule has 1 aliphatic heterocycles. The third kappa shape index (κ3) is 4.66. The zero-order chi connectivity index (χ0) is 20.1. The minimum atomic E-state index is -3.66. The summed E-state index contributed by atoms with van der Waals surface area (Å²) in [5.41, 5.74) is 2.49. The summed E-state index contributed by atoms with van der Waals surface area (Å²) in [7, 11) is -0.661. The number of methoxy groups -OCH3 is 2. The molecule has 1 aliphatic rings. The Hall–Kier alpha value is -2.09. The number of benzene rings is 2. The summed E-state index contributed by atoms with van der Waals surface area (Å²) in [5, 5.41) is 0. The number of aryl methyl sites for hydroxylation is 1. The monoisotopic (exact) mass is 404 g/mol. The zero-order valence-electron chi connectivity index (χ0n) is 16.7. The molecular formula is C21H28N2O4S. The number of hydrogen-bond acceptors (Lipinski definition) is 5. The Morgan fingerprint density at radius 3 is 2.36 bits per heavy atom. The molecule has 2 aromatic rings. The predicted molar refractivity (Wildman–Crippen MR) is 109 cm³/mol. The number of hydrogen-bond donors (Lipinski definition) is 0. The van der Waals surface area contributed by atoms with Crippen molar-refractivity contribution in [1.29, 1.82) is 0 Å². The van der Waals surface area contributed by atoms with E-state index in [1.54, 1.807) is 16.4 Å². The van der Waals surface area contributed by atoms with E-state index in [4.69, 9.17) is 9.47 Å². The number of nitrogens with zero attached hydrogens (tertiary/aromatic N) is 2. The van der Waals surface area contributed by atoms with Crippen LogP contribution in [0.5, 0.6) is 11.5 Å². The fourth-order valence-corrected chi connectivity index (χ4v) is 5.06. The molecule has 0 amide bonds. The first-order chi connectivity index (χ1) is 13.4. The minimum Gasteiger partial charge on any atom is -0.497 e. The molecular weight excluding hydrogens is 376 g/mol. The molecule has 0 N–H and O–H groups in total. The van der Waals surface area contributed by atoms with Gasteiger partial charge in [-0.2, -0.15) is 4.31 Å². The molecule has 7 heteroatoms. The Balaban J connectivity index is 1.75. The topological polar surface area (TPSA) is 59.1 Å². The second-order valence-electron chi connectivity index (χ2n) is 7.04.